The average molecular weight is 1800 g/mol. The zero-order valence-corrected chi connectivity index (χ0v) is 75.5. The highest BCUT2D eigenvalue weighted by molar-refractivity contribution is 6.39. The van der Waals surface area contributed by atoms with Crippen molar-refractivity contribution in [2.75, 3.05) is 96.3 Å². The molecule has 0 spiro atoms. The van der Waals surface area contributed by atoms with Crippen molar-refractivity contribution in [2.45, 2.75) is 224 Å². The Morgan fingerprint density at radius 3 is 2.35 bits per heavy atom. The number of carbonyl (C=O) groups is 7. The van der Waals surface area contributed by atoms with Gasteiger partial charge in [0.25, 0.3) is 17.7 Å². The lowest BCUT2D eigenvalue weighted by molar-refractivity contribution is -0.265. The first-order chi connectivity index (χ1) is 62.6. The summed E-state index contributed by atoms with van der Waals surface area (Å²) in [6.45, 7) is 15.3. The van der Waals surface area contributed by atoms with Crippen molar-refractivity contribution in [3.8, 4) is 22.4 Å². The highest BCUT2D eigenvalue weighted by Gasteiger charge is 2.53. The van der Waals surface area contributed by atoms with Gasteiger partial charge in [-0.15, -0.1) is 10.6 Å². The van der Waals surface area contributed by atoms with Crippen molar-refractivity contribution in [1.82, 2.24) is 80.8 Å². The fraction of sp³-hybridized carbons (Fsp3) is 0.559. The number of Topliss-reactive ketones (excluding diaryl/α,β-unsaturated/α-hetero) is 3. The smallest absolute Gasteiger partial charge is 0.329 e. The van der Waals surface area contributed by atoms with Crippen LogP contribution in [0.25, 0.3) is 50.2 Å². The van der Waals surface area contributed by atoms with Gasteiger partial charge in [0.1, 0.15) is 53.5 Å². The molecular formula is C93H126N20O17. The Bertz CT molecular complexity index is 5240. The van der Waals surface area contributed by atoms with Crippen molar-refractivity contribution in [3.63, 3.8) is 0 Å². The van der Waals surface area contributed by atoms with Gasteiger partial charge in [0.15, 0.2) is 17.0 Å². The molecule has 4 fully saturated rings. The molecular weight excluding hydrogens is 1670 g/mol. The van der Waals surface area contributed by atoms with Gasteiger partial charge in [0, 0.05) is 157 Å². The number of hydrogen-bond acceptors (Lipinski definition) is 32. The number of ether oxygens (including phenoxy) is 6. The highest BCUT2D eigenvalue weighted by Crippen LogP contribution is 2.41. The summed E-state index contributed by atoms with van der Waals surface area (Å²) in [4.78, 5) is 126. The number of piperidine rings is 1. The fourth-order valence-corrected chi connectivity index (χ4v) is 18.2. The Hall–Kier alpha value is -11.1. The minimum atomic E-state index is -2.51. The summed E-state index contributed by atoms with van der Waals surface area (Å²) in [6, 6.07) is 11.2. The van der Waals surface area contributed by atoms with Crippen LogP contribution in [-0.4, -0.2) is 261 Å². The van der Waals surface area contributed by atoms with Crippen molar-refractivity contribution in [2.24, 2.45) is 35.3 Å². The topological polar surface area (TPSA) is 489 Å². The number of allylic oxidation sites excluding steroid dienone is 6. The predicted octanol–water partition coefficient (Wildman–Crippen LogP) is 7.01. The molecule has 37 nitrogen and oxygen atoms in total. The average Bonchev–Trinajstić information content (AvgIpc) is 1.35. The van der Waals surface area contributed by atoms with Gasteiger partial charge in [0.2, 0.25) is 23.5 Å². The number of ketones is 3. The lowest BCUT2D eigenvalue weighted by Crippen LogP contribution is -2.61. The summed E-state index contributed by atoms with van der Waals surface area (Å²) >= 11 is 0. The van der Waals surface area contributed by atoms with Gasteiger partial charge in [-0.05, 0) is 144 Å². The molecule has 1 aliphatic carbocycles. The molecule has 37 heteroatoms. The first kappa shape index (κ1) is 96.4. The van der Waals surface area contributed by atoms with Crippen molar-refractivity contribution >= 4 is 86.7 Å². The van der Waals surface area contributed by atoms with Crippen LogP contribution >= 0.6 is 0 Å². The third-order valence-electron chi connectivity index (χ3n) is 25.9. The SMILES string of the molecule is CO[C@H]1C[C@@H]2CC[C@@H](C)[C@@](O)(O2)C(=O)C(=O)N2CCCC[C@H]2C(=O)O[C@H]([C@H](N)C[C@@H]2CCC(N3NNC=C3c3cccc(-c4cnc(N5CCN(C(=O)CCc6cn(CCOCCOCCC(=O)NCCCCn7nc(-c8ccc9oc(N)nc9c8)c8c(N)ncnc87)nn6)CC5)nc4)c3)[C@H](OC)C2)CC(=O)[C@H](C)/C=C(\C)[C@@H](O)[C@@H](O)C(=O)[C@H](C)C[C@H](C)/C=C/C=CC=C1C. The fourth-order valence-electron chi connectivity index (χ4n) is 18.2. The van der Waals surface area contributed by atoms with Gasteiger partial charge in [0.05, 0.1) is 74.1 Å². The van der Waals surface area contributed by atoms with Gasteiger partial charge in [-0.2, -0.15) is 10.1 Å². The van der Waals surface area contributed by atoms with E-state index in [0.717, 1.165) is 44.8 Å². The highest BCUT2D eigenvalue weighted by atomic mass is 16.6. The molecule has 3 amide bonds. The van der Waals surface area contributed by atoms with E-state index in [-0.39, 0.29) is 92.6 Å². The van der Waals surface area contributed by atoms with Crippen molar-refractivity contribution in [3.05, 3.63) is 132 Å². The van der Waals surface area contributed by atoms with Gasteiger partial charge >= 0.3 is 5.97 Å². The number of esters is 1. The van der Waals surface area contributed by atoms with Crippen LogP contribution in [0.4, 0.5) is 17.8 Å². The number of nitrogen functional groups attached to an aromatic ring is 2. The minimum absolute atomic E-state index is 0.00971. The van der Waals surface area contributed by atoms with E-state index in [1.54, 1.807) is 62.8 Å². The molecule has 0 radical (unpaired) electrons. The second-order valence-electron chi connectivity index (χ2n) is 35.2. The van der Waals surface area contributed by atoms with Gasteiger partial charge in [-0.3, -0.25) is 33.8 Å². The van der Waals surface area contributed by atoms with Crippen LogP contribution in [0.5, 0.6) is 0 Å². The Morgan fingerprint density at radius 1 is 0.785 bits per heavy atom. The number of fused-ring (bicyclic) bond motifs is 5. The van der Waals surface area contributed by atoms with E-state index >= 15 is 0 Å². The van der Waals surface area contributed by atoms with Gasteiger partial charge in [-0.25, -0.2) is 34.1 Å². The maximum absolute atomic E-state index is 14.9. The third-order valence-corrected chi connectivity index (χ3v) is 25.9. The number of anilines is 3. The summed E-state index contributed by atoms with van der Waals surface area (Å²) in [5, 5.41) is 53.9. The molecule has 2 aromatic carbocycles. The quantitative estimate of drug-likeness (QED) is 0.0108. The Balaban J connectivity index is 0.548. The number of rotatable bonds is 27. The number of hydrazine groups is 2. The van der Waals surface area contributed by atoms with Crippen LogP contribution < -0.4 is 38.4 Å². The summed E-state index contributed by atoms with van der Waals surface area (Å²) in [6.07, 6.45) is 20.2. The first-order valence-corrected chi connectivity index (χ1v) is 45.5. The first-order valence-electron chi connectivity index (χ1n) is 45.5. The van der Waals surface area contributed by atoms with E-state index in [9.17, 15) is 48.9 Å². The van der Waals surface area contributed by atoms with Gasteiger partial charge < -0.3 is 90.8 Å². The van der Waals surface area contributed by atoms with Gasteiger partial charge in [-0.1, -0.05) is 87.6 Å². The third kappa shape index (κ3) is 24.2. The number of amides is 3. The molecule has 5 aromatic heterocycles. The number of aryl methyl sites for hydroxylation is 2. The number of aliphatic hydroxyl groups excluding tert-OH is 2. The molecule has 6 aliphatic rings. The number of hydrogen-bond donors (Lipinski definition) is 9. The minimum Gasteiger partial charge on any atom is -0.459 e. The normalized spacial score (nSPS) is 26.7. The number of unbranched alkanes of at least 4 members (excludes halogenated alkanes) is 1. The van der Waals surface area contributed by atoms with E-state index in [0.29, 0.717) is 182 Å². The molecule has 2 bridgehead atoms. The lowest BCUT2D eigenvalue weighted by atomic mass is 9.79. The lowest BCUT2D eigenvalue weighted by Gasteiger charge is -2.43. The van der Waals surface area contributed by atoms with E-state index in [1.165, 1.54) is 19.3 Å². The maximum atomic E-state index is 14.9. The number of piperazine rings is 1. The van der Waals surface area contributed by atoms with Crippen LogP contribution in [0.3, 0.4) is 0 Å². The monoisotopic (exact) mass is 1790 g/mol. The van der Waals surface area contributed by atoms with Crippen molar-refractivity contribution in [1.29, 1.82) is 0 Å². The number of methoxy groups -OCH3 is 2. The summed E-state index contributed by atoms with van der Waals surface area (Å²) in [5.41, 5.74) is 34.2. The molecule has 1 saturated carbocycles. The second kappa shape index (κ2) is 45.1. The number of oxazole rings is 1. The van der Waals surface area contributed by atoms with Crippen LogP contribution in [0.1, 0.15) is 156 Å². The zero-order valence-electron chi connectivity index (χ0n) is 75.5. The largest absolute Gasteiger partial charge is 0.459 e. The number of aromatic nitrogens is 10. The van der Waals surface area contributed by atoms with Crippen LogP contribution in [0.15, 0.2) is 126 Å². The molecule has 3 saturated heterocycles. The maximum Gasteiger partial charge on any atom is 0.329 e. The number of benzene rings is 2. The molecule has 1 unspecified atom stereocenters. The molecule has 15 atom stereocenters. The number of nitrogens with zero attached hydrogens (tertiary/aromatic N) is 14. The number of nitrogens with one attached hydrogen (secondary N) is 3. The standard InChI is InChI=1S/C93H126N20O17/c1-56-17-10-9-11-18-57(2)76(124-7)49-68-26-22-61(6)93(123,130-68)86(120)89(121)111-32-14-12-21-72(111)90(122)128-77(50-74(114)58(3)44-60(5)84(118)85(119)83(117)59(4)43-56)69(94)45-62-23-27-71(78(46-62)125-8)113-73(53-102-106-113)64-20-16-19-63(47-64)66-51-98-92(99-52-66)109-36-34-108(35-37-109)80(116)29-25-67-54-110(107-104-67)38-40-127-42-41-126-39-30-79(115)97-31-13-15-33-112-88-81(87(95)100-55-101-88)82(105-112)65-24-28-75-70(48-65)103-91(96)129-75/h9-11,16-20,24,28,44,47-48,51-56,58-59,61-62,68-69,71-72,76-78,84-85,102,106,118-119,123H,12-15,21-23,25-27,29-43,45-46,49-50,94H2,1-8H3,(H2,96,103)(H,97,115)(H2,95,100,101)/b11-9?,17-10+,57-18?,60-44+/t56-,58-,59-,61-,62+,68+,69-,71?,72+,76+,77+,78-,84-,85+,93-/m1/s1. The molecule has 130 heavy (non-hydrogen) atoms. The molecule has 700 valence electrons. The molecule has 5 aliphatic heterocycles. The summed E-state index contributed by atoms with van der Waals surface area (Å²) in [5.74, 6) is -8.32. The number of carbonyl (C=O) groups excluding carboxylic acids is 7. The number of nitrogens with two attached hydrogens (primary N) is 3. The van der Waals surface area contributed by atoms with E-state index in [4.69, 9.17) is 65.1 Å². The van der Waals surface area contributed by atoms with Crippen LogP contribution in [0, 0.1) is 29.6 Å². The summed E-state index contributed by atoms with van der Waals surface area (Å²) in [7, 11) is 3.22. The number of cyclic esters (lactones) is 1. The molecule has 7 aromatic rings. The predicted molar refractivity (Wildman–Crippen MR) is 483 cm³/mol. The van der Waals surface area contributed by atoms with E-state index < -0.39 is 95.4 Å². The Morgan fingerprint density at radius 2 is 1.57 bits per heavy atom. The van der Waals surface area contributed by atoms with Crippen LogP contribution in [0.2, 0.25) is 0 Å². The zero-order chi connectivity index (χ0) is 92.3. The van der Waals surface area contributed by atoms with E-state index in [2.05, 4.69) is 57.5 Å². The molecule has 12 N–H and O–H groups in total. The number of aliphatic hydroxyl groups is 3. The van der Waals surface area contributed by atoms with E-state index in [1.807, 2.05) is 91.9 Å². The molecule has 10 heterocycles. The second-order valence-corrected chi connectivity index (χ2v) is 35.2. The summed E-state index contributed by atoms with van der Waals surface area (Å²) < 4.78 is 45.1. The Kier molecular flexibility index (Phi) is 33.5. The van der Waals surface area contributed by atoms with Crippen LogP contribution in [-0.2, 0) is 81.5 Å². The van der Waals surface area contributed by atoms with Crippen molar-refractivity contribution < 1.29 is 81.7 Å². The molecule has 13 rings (SSSR count). The Labute approximate surface area is 756 Å².